The molecule has 2 fully saturated rings. The largest absolute Gasteiger partial charge is 0.497 e. The van der Waals surface area contributed by atoms with E-state index in [1.165, 1.54) is 0 Å². The first-order valence-electron chi connectivity index (χ1n) is 12.0. The minimum absolute atomic E-state index is 0.0182. The average molecular weight is 491 g/mol. The molecular formula is C26H30N6O4. The third kappa shape index (κ3) is 4.17. The standard InChI is InChI=1S/C26H30N6O4/c1-30-10-3-11-31(13-12-30)22(27)17-4-7-19(8-5-17)26(24(34)28-25(35)29-26)16-32-15-18-6-9-20(36-2)14-21(18)23(32)33/h4-9,14,27H,3,10-13,15-16H2,1-2H3,(H2,28,29,34,35)/t26-/m0/s1. The molecule has 0 radical (unpaired) electrons. The normalized spacial score (nSPS) is 22.2. The van der Waals surface area contributed by atoms with E-state index in [9.17, 15) is 14.4 Å². The van der Waals surface area contributed by atoms with Crippen LogP contribution in [0.4, 0.5) is 4.79 Å². The number of rotatable bonds is 5. The lowest BCUT2D eigenvalue weighted by molar-refractivity contribution is -0.124. The van der Waals surface area contributed by atoms with Crippen LogP contribution in [0.15, 0.2) is 42.5 Å². The van der Waals surface area contributed by atoms with Gasteiger partial charge in [-0.25, -0.2) is 4.79 Å². The van der Waals surface area contributed by atoms with Gasteiger partial charge < -0.3 is 24.8 Å². The first kappa shape index (κ1) is 23.8. The van der Waals surface area contributed by atoms with Crippen molar-refractivity contribution in [1.29, 1.82) is 5.41 Å². The van der Waals surface area contributed by atoms with Gasteiger partial charge in [0.25, 0.3) is 11.8 Å². The number of nitrogens with one attached hydrogen (secondary N) is 3. The quantitative estimate of drug-likeness (QED) is 0.331. The molecule has 0 aliphatic carbocycles. The molecule has 3 N–H and O–H groups in total. The number of likely N-dealkylation sites (N-methyl/N-ethyl adjacent to an activating group) is 1. The minimum Gasteiger partial charge on any atom is -0.497 e. The molecular weight excluding hydrogens is 460 g/mol. The number of nitrogens with zero attached hydrogens (tertiary/aromatic N) is 3. The fourth-order valence-corrected chi connectivity index (χ4v) is 5.14. The van der Waals surface area contributed by atoms with Crippen molar-refractivity contribution >= 4 is 23.7 Å². The molecule has 0 saturated carbocycles. The van der Waals surface area contributed by atoms with Crippen molar-refractivity contribution in [3.8, 4) is 5.75 Å². The van der Waals surface area contributed by atoms with Crippen LogP contribution in [0.5, 0.6) is 5.75 Å². The number of hydrogen-bond acceptors (Lipinski definition) is 6. The lowest BCUT2D eigenvalue weighted by Gasteiger charge is -2.31. The molecule has 0 bridgehead atoms. The van der Waals surface area contributed by atoms with E-state index < -0.39 is 17.5 Å². The Balaban J connectivity index is 1.40. The Morgan fingerprint density at radius 2 is 1.83 bits per heavy atom. The molecule has 2 aromatic carbocycles. The van der Waals surface area contributed by atoms with Crippen LogP contribution in [0, 0.1) is 5.41 Å². The zero-order valence-electron chi connectivity index (χ0n) is 20.5. The van der Waals surface area contributed by atoms with Gasteiger partial charge >= 0.3 is 6.03 Å². The second kappa shape index (κ2) is 9.27. The van der Waals surface area contributed by atoms with Crippen molar-refractivity contribution in [2.45, 2.75) is 18.5 Å². The number of carbonyl (C=O) groups excluding carboxylic acids is 3. The van der Waals surface area contributed by atoms with Crippen LogP contribution in [-0.2, 0) is 16.9 Å². The molecule has 188 valence electrons. The number of amidine groups is 1. The Kier molecular flexibility index (Phi) is 6.13. The molecule has 0 unspecified atom stereocenters. The molecule has 10 heteroatoms. The smallest absolute Gasteiger partial charge is 0.322 e. The van der Waals surface area contributed by atoms with Crippen LogP contribution < -0.4 is 15.4 Å². The van der Waals surface area contributed by atoms with Gasteiger partial charge in [0.05, 0.1) is 13.7 Å². The van der Waals surface area contributed by atoms with E-state index in [1.807, 2.05) is 6.07 Å². The summed E-state index contributed by atoms with van der Waals surface area (Å²) in [7, 11) is 3.63. The van der Waals surface area contributed by atoms with Gasteiger partial charge in [0.15, 0.2) is 5.54 Å². The summed E-state index contributed by atoms with van der Waals surface area (Å²) in [5, 5.41) is 13.8. The predicted molar refractivity (Wildman–Crippen MR) is 133 cm³/mol. The van der Waals surface area contributed by atoms with E-state index in [0.29, 0.717) is 29.3 Å². The molecule has 10 nitrogen and oxygen atoms in total. The zero-order chi connectivity index (χ0) is 25.4. The van der Waals surface area contributed by atoms with Crippen molar-refractivity contribution in [2.75, 3.05) is 46.9 Å². The average Bonchev–Trinajstić information content (AvgIpc) is 3.23. The van der Waals surface area contributed by atoms with Crippen molar-refractivity contribution in [1.82, 2.24) is 25.3 Å². The second-order valence-corrected chi connectivity index (χ2v) is 9.57. The molecule has 2 saturated heterocycles. The zero-order valence-corrected chi connectivity index (χ0v) is 20.5. The van der Waals surface area contributed by atoms with Crippen LogP contribution in [0.3, 0.4) is 0 Å². The van der Waals surface area contributed by atoms with Gasteiger partial charge in [-0.3, -0.25) is 20.3 Å². The third-order valence-electron chi connectivity index (χ3n) is 7.25. The van der Waals surface area contributed by atoms with Gasteiger partial charge in [-0.15, -0.1) is 0 Å². The van der Waals surface area contributed by atoms with E-state index >= 15 is 0 Å². The molecule has 4 amide bonds. The van der Waals surface area contributed by atoms with Crippen LogP contribution in [0.25, 0.3) is 0 Å². The summed E-state index contributed by atoms with van der Waals surface area (Å²) in [4.78, 5) is 44.4. The summed E-state index contributed by atoms with van der Waals surface area (Å²) >= 11 is 0. The van der Waals surface area contributed by atoms with Crippen LogP contribution >= 0.6 is 0 Å². The highest BCUT2D eigenvalue weighted by atomic mass is 16.5. The maximum Gasteiger partial charge on any atom is 0.322 e. The molecule has 3 heterocycles. The number of carbonyl (C=O) groups is 3. The van der Waals surface area contributed by atoms with Crippen molar-refractivity contribution in [2.24, 2.45) is 0 Å². The highest BCUT2D eigenvalue weighted by Gasteiger charge is 2.50. The second-order valence-electron chi connectivity index (χ2n) is 9.57. The van der Waals surface area contributed by atoms with Crippen LogP contribution in [0.2, 0.25) is 0 Å². The molecule has 0 spiro atoms. The molecule has 0 aromatic heterocycles. The van der Waals surface area contributed by atoms with Crippen molar-refractivity contribution in [3.63, 3.8) is 0 Å². The van der Waals surface area contributed by atoms with Gasteiger partial charge in [0.2, 0.25) is 0 Å². The monoisotopic (exact) mass is 490 g/mol. The predicted octanol–water partition coefficient (Wildman–Crippen LogP) is 1.35. The number of hydrogen-bond donors (Lipinski definition) is 3. The maximum atomic E-state index is 13.2. The first-order chi connectivity index (χ1) is 17.3. The maximum absolute atomic E-state index is 13.2. The highest BCUT2D eigenvalue weighted by Crippen LogP contribution is 2.32. The number of ether oxygens (including phenoxy) is 1. The van der Waals surface area contributed by atoms with Crippen LogP contribution in [0.1, 0.15) is 33.5 Å². The summed E-state index contributed by atoms with van der Waals surface area (Å²) in [5.74, 6) is 0.290. The molecule has 3 aliphatic rings. The Hall–Kier alpha value is -3.92. The van der Waals surface area contributed by atoms with E-state index in [1.54, 1.807) is 48.4 Å². The van der Waals surface area contributed by atoms with Gasteiger partial charge in [-0.1, -0.05) is 30.3 Å². The lowest BCUT2D eigenvalue weighted by atomic mass is 9.88. The fraction of sp³-hybridized carbons (Fsp3) is 0.385. The molecule has 3 aliphatic heterocycles. The van der Waals surface area contributed by atoms with Crippen LogP contribution in [-0.4, -0.2) is 85.3 Å². The lowest BCUT2D eigenvalue weighted by Crippen LogP contribution is -2.52. The number of methoxy groups -OCH3 is 1. The number of fused-ring (bicyclic) bond motifs is 1. The number of imide groups is 1. The third-order valence-corrected chi connectivity index (χ3v) is 7.25. The Labute approximate surface area is 209 Å². The van der Waals surface area contributed by atoms with Crippen molar-refractivity contribution < 1.29 is 19.1 Å². The molecule has 36 heavy (non-hydrogen) atoms. The summed E-state index contributed by atoms with van der Waals surface area (Å²) in [5.41, 5.74) is 1.23. The number of benzene rings is 2. The Morgan fingerprint density at radius 1 is 1.06 bits per heavy atom. The van der Waals surface area contributed by atoms with Gasteiger partial charge in [-0.2, -0.15) is 0 Å². The number of urea groups is 1. The van der Waals surface area contributed by atoms with E-state index in [0.717, 1.165) is 43.7 Å². The first-order valence-corrected chi connectivity index (χ1v) is 12.0. The molecule has 5 rings (SSSR count). The highest BCUT2D eigenvalue weighted by molar-refractivity contribution is 6.08. The summed E-state index contributed by atoms with van der Waals surface area (Å²) < 4.78 is 5.25. The van der Waals surface area contributed by atoms with E-state index in [2.05, 4.69) is 27.5 Å². The van der Waals surface area contributed by atoms with E-state index in [-0.39, 0.29) is 12.5 Å². The summed E-state index contributed by atoms with van der Waals surface area (Å²) in [6, 6.07) is 11.9. The fourth-order valence-electron chi connectivity index (χ4n) is 5.14. The topological polar surface area (TPSA) is 118 Å². The van der Waals surface area contributed by atoms with Crippen molar-refractivity contribution in [3.05, 3.63) is 64.7 Å². The number of amides is 4. The van der Waals surface area contributed by atoms with Gasteiger partial charge in [-0.05, 0) is 43.3 Å². The Bertz CT molecular complexity index is 1230. The minimum atomic E-state index is -1.43. The van der Waals surface area contributed by atoms with Gasteiger partial charge in [0, 0.05) is 37.3 Å². The summed E-state index contributed by atoms with van der Waals surface area (Å²) in [6.07, 6.45) is 0.990. The summed E-state index contributed by atoms with van der Waals surface area (Å²) in [6.45, 7) is 3.81. The molecule has 2 aromatic rings. The van der Waals surface area contributed by atoms with E-state index in [4.69, 9.17) is 10.1 Å². The Morgan fingerprint density at radius 3 is 2.53 bits per heavy atom. The SMILES string of the molecule is COc1ccc2c(c1)C(=O)N(C[C@@]1(c3ccc(C(=N)N4CCCN(C)CC4)cc3)NC(=O)NC1=O)C2. The van der Waals surface area contributed by atoms with Gasteiger partial charge in [0.1, 0.15) is 11.6 Å². The molecule has 1 atom stereocenters.